The van der Waals surface area contributed by atoms with Crippen LogP contribution >= 0.6 is 11.3 Å². The van der Waals surface area contributed by atoms with Crippen LogP contribution in [-0.4, -0.2) is 41.8 Å². The first-order chi connectivity index (χ1) is 9.65. The second-order valence-corrected chi connectivity index (χ2v) is 4.84. The van der Waals surface area contributed by atoms with Crippen molar-refractivity contribution in [3.05, 3.63) is 24.3 Å². The summed E-state index contributed by atoms with van der Waals surface area (Å²) >= 11 is 1.38. The van der Waals surface area contributed by atoms with E-state index in [2.05, 4.69) is 15.6 Å². The summed E-state index contributed by atoms with van der Waals surface area (Å²) in [6.45, 7) is -0.00918. The summed E-state index contributed by atoms with van der Waals surface area (Å²) in [6, 6.07) is 7.18. The number of rotatable bonds is 6. The first-order valence-corrected chi connectivity index (χ1v) is 6.67. The Bertz CT molecular complexity index is 581. The van der Waals surface area contributed by atoms with E-state index in [0.29, 0.717) is 5.13 Å². The maximum absolute atomic E-state index is 11.6. The van der Waals surface area contributed by atoms with E-state index in [9.17, 15) is 9.59 Å². The van der Waals surface area contributed by atoms with Crippen molar-refractivity contribution in [2.24, 2.45) is 0 Å². The van der Waals surface area contributed by atoms with Crippen LogP contribution in [0.2, 0.25) is 0 Å². The molecule has 106 valence electrons. The third kappa shape index (κ3) is 4.18. The summed E-state index contributed by atoms with van der Waals surface area (Å²) in [5, 5.41) is 14.0. The van der Waals surface area contributed by atoms with Crippen LogP contribution < -0.4 is 10.6 Å². The lowest BCUT2D eigenvalue weighted by Crippen LogP contribution is -2.31. The van der Waals surface area contributed by atoms with Gasteiger partial charge in [0.1, 0.15) is 6.61 Å². The zero-order chi connectivity index (χ0) is 14.4. The molecule has 8 heteroatoms. The monoisotopic (exact) mass is 295 g/mol. The van der Waals surface area contributed by atoms with E-state index in [1.807, 2.05) is 24.3 Å². The number of hydrogen-bond donors (Lipinski definition) is 3. The van der Waals surface area contributed by atoms with E-state index in [1.54, 1.807) is 0 Å². The van der Waals surface area contributed by atoms with Gasteiger partial charge < -0.3 is 15.2 Å². The molecule has 0 atom stereocenters. The molecule has 0 bridgehead atoms. The molecule has 1 heterocycles. The van der Waals surface area contributed by atoms with Gasteiger partial charge in [-0.2, -0.15) is 0 Å². The number of urea groups is 1. The lowest BCUT2D eigenvalue weighted by Gasteiger charge is -2.04. The van der Waals surface area contributed by atoms with Crippen molar-refractivity contribution in [1.82, 2.24) is 10.3 Å². The van der Waals surface area contributed by atoms with Gasteiger partial charge in [-0.25, -0.2) is 14.6 Å². The van der Waals surface area contributed by atoms with Crippen molar-refractivity contribution in [1.29, 1.82) is 0 Å². The molecule has 0 aliphatic rings. The lowest BCUT2D eigenvalue weighted by atomic mass is 10.3. The number of carbonyl (C=O) groups is 2. The Morgan fingerprint density at radius 3 is 2.90 bits per heavy atom. The van der Waals surface area contributed by atoms with Gasteiger partial charge >= 0.3 is 12.0 Å². The van der Waals surface area contributed by atoms with Crippen LogP contribution in [0.15, 0.2) is 24.3 Å². The van der Waals surface area contributed by atoms with Crippen molar-refractivity contribution in [3.63, 3.8) is 0 Å². The molecule has 0 saturated heterocycles. The van der Waals surface area contributed by atoms with Crippen LogP contribution in [0.25, 0.3) is 10.2 Å². The summed E-state index contributed by atoms with van der Waals surface area (Å²) < 4.78 is 5.78. The van der Waals surface area contributed by atoms with Gasteiger partial charge in [0.25, 0.3) is 0 Å². The minimum absolute atomic E-state index is 0.138. The standard InChI is InChI=1S/C12H13N3O4S/c16-10(17)7-19-6-5-13-11(18)15-12-14-8-3-1-2-4-9(8)20-12/h1-4H,5-7H2,(H,16,17)(H2,13,14,15,18). The second kappa shape index (κ2) is 6.83. The summed E-state index contributed by atoms with van der Waals surface area (Å²) in [4.78, 5) is 26.0. The highest BCUT2D eigenvalue weighted by Crippen LogP contribution is 2.24. The van der Waals surface area contributed by atoms with Crippen molar-refractivity contribution in [3.8, 4) is 0 Å². The third-order valence-electron chi connectivity index (χ3n) is 2.27. The van der Waals surface area contributed by atoms with Gasteiger partial charge in [-0.05, 0) is 12.1 Å². The first-order valence-electron chi connectivity index (χ1n) is 5.85. The molecule has 0 fully saturated rings. The highest BCUT2D eigenvalue weighted by Gasteiger charge is 2.06. The Hall–Kier alpha value is -2.19. The molecule has 0 aliphatic heterocycles. The number of nitrogens with one attached hydrogen (secondary N) is 2. The normalized spacial score (nSPS) is 10.4. The van der Waals surface area contributed by atoms with Crippen LogP contribution in [0.1, 0.15) is 0 Å². The Morgan fingerprint density at radius 1 is 1.35 bits per heavy atom. The molecule has 20 heavy (non-hydrogen) atoms. The van der Waals surface area contributed by atoms with Crippen LogP contribution in [-0.2, 0) is 9.53 Å². The molecule has 7 nitrogen and oxygen atoms in total. The summed E-state index contributed by atoms with van der Waals surface area (Å²) in [6.07, 6.45) is 0. The average Bonchev–Trinajstić information content (AvgIpc) is 2.79. The molecule has 0 unspecified atom stereocenters. The lowest BCUT2D eigenvalue weighted by molar-refractivity contribution is -0.142. The predicted molar refractivity (Wildman–Crippen MR) is 75.1 cm³/mol. The zero-order valence-electron chi connectivity index (χ0n) is 10.5. The molecular weight excluding hydrogens is 282 g/mol. The fourth-order valence-corrected chi connectivity index (χ4v) is 2.32. The quantitative estimate of drug-likeness (QED) is 0.701. The Morgan fingerprint density at radius 2 is 2.15 bits per heavy atom. The van der Waals surface area contributed by atoms with Crippen LogP contribution in [0, 0.1) is 0 Å². The fourth-order valence-electron chi connectivity index (χ4n) is 1.46. The molecule has 2 rings (SSSR count). The Balaban J connectivity index is 1.75. The third-order valence-corrected chi connectivity index (χ3v) is 3.22. The van der Waals surface area contributed by atoms with Crippen molar-refractivity contribution in [2.45, 2.75) is 0 Å². The number of amides is 2. The number of carboxylic acids is 1. The number of thiazole rings is 1. The number of carbonyl (C=O) groups excluding carboxylic acids is 1. The smallest absolute Gasteiger partial charge is 0.329 e. The van der Waals surface area contributed by atoms with E-state index in [1.165, 1.54) is 11.3 Å². The number of para-hydroxylation sites is 1. The SMILES string of the molecule is O=C(O)COCCNC(=O)Nc1nc2ccccc2s1. The molecule has 0 aliphatic carbocycles. The molecule has 0 spiro atoms. The van der Waals surface area contributed by atoms with E-state index in [4.69, 9.17) is 9.84 Å². The minimum atomic E-state index is -1.04. The molecule has 1 aromatic heterocycles. The molecule has 0 saturated carbocycles. The largest absolute Gasteiger partial charge is 0.480 e. The molecule has 1 aromatic carbocycles. The fraction of sp³-hybridized carbons (Fsp3) is 0.250. The minimum Gasteiger partial charge on any atom is -0.480 e. The number of aliphatic carboxylic acids is 1. The number of nitrogens with zero attached hydrogens (tertiary/aromatic N) is 1. The number of hydrogen-bond acceptors (Lipinski definition) is 5. The van der Waals surface area contributed by atoms with Gasteiger partial charge in [-0.15, -0.1) is 0 Å². The van der Waals surface area contributed by atoms with Crippen molar-refractivity contribution >= 4 is 38.7 Å². The number of aromatic nitrogens is 1. The van der Waals surface area contributed by atoms with Crippen LogP contribution in [0.4, 0.5) is 9.93 Å². The van der Waals surface area contributed by atoms with E-state index < -0.39 is 12.0 Å². The highest BCUT2D eigenvalue weighted by atomic mass is 32.1. The van der Waals surface area contributed by atoms with Gasteiger partial charge in [0.05, 0.1) is 16.8 Å². The number of ether oxygens (including phenoxy) is 1. The van der Waals surface area contributed by atoms with E-state index >= 15 is 0 Å². The first kappa shape index (κ1) is 14.2. The molecular formula is C12H13N3O4S. The number of carboxylic acid groups (broad SMARTS) is 1. The summed E-state index contributed by atoms with van der Waals surface area (Å²) in [7, 11) is 0. The van der Waals surface area contributed by atoms with Gasteiger partial charge in [-0.3, -0.25) is 5.32 Å². The predicted octanol–water partition coefficient (Wildman–Crippen LogP) is 1.52. The van der Waals surface area contributed by atoms with E-state index in [0.717, 1.165) is 10.2 Å². The average molecular weight is 295 g/mol. The topological polar surface area (TPSA) is 101 Å². The second-order valence-electron chi connectivity index (χ2n) is 3.81. The van der Waals surface area contributed by atoms with Gasteiger partial charge in [0.15, 0.2) is 5.13 Å². The van der Waals surface area contributed by atoms with Gasteiger partial charge in [-0.1, -0.05) is 23.5 Å². The maximum Gasteiger partial charge on any atom is 0.329 e. The number of anilines is 1. The summed E-state index contributed by atoms with van der Waals surface area (Å²) in [5.74, 6) is -1.04. The van der Waals surface area contributed by atoms with Crippen LogP contribution in [0.5, 0.6) is 0 Å². The number of benzene rings is 1. The Labute approximate surface area is 118 Å². The molecule has 2 aromatic rings. The van der Waals surface area contributed by atoms with Gasteiger partial charge in [0.2, 0.25) is 0 Å². The van der Waals surface area contributed by atoms with Crippen molar-refractivity contribution in [2.75, 3.05) is 25.1 Å². The summed E-state index contributed by atoms with van der Waals surface area (Å²) in [5.41, 5.74) is 0.831. The van der Waals surface area contributed by atoms with Crippen LogP contribution in [0.3, 0.4) is 0 Å². The maximum atomic E-state index is 11.6. The molecule has 0 radical (unpaired) electrons. The van der Waals surface area contributed by atoms with Crippen molar-refractivity contribution < 1.29 is 19.4 Å². The molecule has 3 N–H and O–H groups in total. The number of fused-ring (bicyclic) bond motifs is 1. The zero-order valence-corrected chi connectivity index (χ0v) is 11.3. The van der Waals surface area contributed by atoms with Gasteiger partial charge in [0, 0.05) is 6.54 Å². The molecule has 2 amide bonds. The van der Waals surface area contributed by atoms with E-state index in [-0.39, 0.29) is 19.8 Å². The Kier molecular flexibility index (Phi) is 4.85. The highest BCUT2D eigenvalue weighted by molar-refractivity contribution is 7.22.